The zero-order valence-corrected chi connectivity index (χ0v) is 23.7. The Bertz CT molecular complexity index is 993. The van der Waals surface area contributed by atoms with Gasteiger partial charge in [-0.05, 0) is 86.8 Å². The summed E-state index contributed by atoms with van der Waals surface area (Å²) in [6.07, 6.45) is 1.50. The summed E-state index contributed by atoms with van der Waals surface area (Å²) in [6, 6.07) is 11.6. The molecule has 2 aromatic rings. The van der Waals surface area contributed by atoms with Crippen molar-refractivity contribution in [2.45, 2.75) is 58.5 Å². The maximum Gasteiger partial charge on any atom is 0.244 e. The number of benzene rings is 2. The van der Waals surface area contributed by atoms with Crippen molar-refractivity contribution in [3.05, 3.63) is 66.3 Å². The largest absolute Gasteiger partial charge is 0.532 e. The van der Waals surface area contributed by atoms with Gasteiger partial charge in [-0.3, -0.25) is 0 Å². The molecule has 0 bridgehead atoms. The second kappa shape index (κ2) is 11.3. The van der Waals surface area contributed by atoms with E-state index in [1.165, 1.54) is 18.3 Å². The molecule has 0 atom stereocenters. The van der Waals surface area contributed by atoms with Crippen LogP contribution in [0.25, 0.3) is 0 Å². The van der Waals surface area contributed by atoms with Gasteiger partial charge in [0.25, 0.3) is 0 Å². The Morgan fingerprint density at radius 3 is 2.18 bits per heavy atom. The molecule has 0 aliphatic rings. The fraction of sp³-hybridized carbons (Fsp3) is 0.423. The minimum Gasteiger partial charge on any atom is -0.532 e. The van der Waals surface area contributed by atoms with Crippen molar-refractivity contribution in [2.75, 3.05) is 13.2 Å². The molecule has 0 unspecified atom stereocenters. The third-order valence-electron chi connectivity index (χ3n) is 5.42. The van der Waals surface area contributed by atoms with Crippen LogP contribution in [-0.2, 0) is 8.85 Å². The quantitative estimate of drug-likeness (QED) is 0.136. The van der Waals surface area contributed by atoms with Crippen LogP contribution in [0.3, 0.4) is 0 Å². The SMILES string of the molecule is C=C(/N=C/c1cc(F)ccc1Oc1ccc(OCCO[Si](C)(C)C(C)(C)C)cc1)O[Si](C)(C)C. The van der Waals surface area contributed by atoms with E-state index in [1.54, 1.807) is 6.07 Å². The smallest absolute Gasteiger partial charge is 0.244 e. The number of hydrogen-bond acceptors (Lipinski definition) is 5. The second-order valence-corrected chi connectivity index (χ2v) is 19.8. The Morgan fingerprint density at radius 1 is 0.971 bits per heavy atom. The molecule has 0 N–H and O–H groups in total. The van der Waals surface area contributed by atoms with Crippen molar-refractivity contribution in [3.8, 4) is 17.2 Å². The average molecular weight is 504 g/mol. The van der Waals surface area contributed by atoms with Gasteiger partial charge in [0.15, 0.2) is 14.2 Å². The van der Waals surface area contributed by atoms with Gasteiger partial charge in [0, 0.05) is 11.8 Å². The van der Waals surface area contributed by atoms with Gasteiger partial charge in [0.1, 0.15) is 29.7 Å². The highest BCUT2D eigenvalue weighted by Gasteiger charge is 2.36. The van der Waals surface area contributed by atoms with Gasteiger partial charge in [-0.25, -0.2) is 9.38 Å². The molecule has 0 aliphatic carbocycles. The molecular weight excluding hydrogens is 465 g/mol. The van der Waals surface area contributed by atoms with Crippen molar-refractivity contribution in [2.24, 2.45) is 4.99 Å². The number of aliphatic imine (C=N–C) groups is 1. The van der Waals surface area contributed by atoms with Gasteiger partial charge in [0.2, 0.25) is 8.32 Å². The Hall–Kier alpha value is -2.43. The summed E-state index contributed by atoms with van der Waals surface area (Å²) in [5.41, 5.74) is 0.489. The van der Waals surface area contributed by atoms with E-state index >= 15 is 0 Å². The summed E-state index contributed by atoms with van der Waals surface area (Å²) in [7, 11) is -3.60. The molecule has 5 nitrogen and oxygen atoms in total. The summed E-state index contributed by atoms with van der Waals surface area (Å²) < 4.78 is 37.5. The molecule has 186 valence electrons. The summed E-state index contributed by atoms with van der Waals surface area (Å²) in [5.74, 6) is 1.72. The fourth-order valence-corrected chi connectivity index (χ4v) is 4.42. The number of halogens is 1. The zero-order valence-electron chi connectivity index (χ0n) is 21.7. The van der Waals surface area contributed by atoms with E-state index < -0.39 is 16.6 Å². The topological polar surface area (TPSA) is 49.3 Å². The lowest BCUT2D eigenvalue weighted by Crippen LogP contribution is -2.41. The van der Waals surface area contributed by atoms with Crippen LogP contribution in [0.5, 0.6) is 17.2 Å². The Kier molecular flexibility index (Phi) is 9.27. The molecule has 2 rings (SSSR count). The molecule has 0 radical (unpaired) electrons. The summed E-state index contributed by atoms with van der Waals surface area (Å²) >= 11 is 0. The van der Waals surface area contributed by atoms with Crippen LogP contribution in [0.15, 0.2) is 59.9 Å². The van der Waals surface area contributed by atoms with Gasteiger partial charge in [0.05, 0.1) is 6.61 Å². The van der Waals surface area contributed by atoms with Crippen molar-refractivity contribution >= 4 is 22.8 Å². The number of rotatable bonds is 11. The lowest BCUT2D eigenvalue weighted by molar-refractivity contribution is 0.203. The standard InChI is InChI=1S/C26H38FNO4Si2/c1-20(32-33(5,6)7)28-19-21-18-22(27)10-15-25(21)31-24-13-11-23(12-14-24)29-16-17-30-34(8,9)26(2,3)4/h10-15,18-19H,1,16-17H2,2-9H3/b28-19+. The third kappa shape index (κ3) is 9.08. The van der Waals surface area contributed by atoms with E-state index in [0.29, 0.717) is 36.2 Å². The first-order valence-electron chi connectivity index (χ1n) is 11.4. The molecule has 34 heavy (non-hydrogen) atoms. The average Bonchev–Trinajstić information content (AvgIpc) is 2.70. The Balaban J connectivity index is 1.98. The van der Waals surface area contributed by atoms with E-state index in [1.807, 2.05) is 43.9 Å². The first-order chi connectivity index (χ1) is 15.7. The summed E-state index contributed by atoms with van der Waals surface area (Å²) in [6.45, 7) is 22.1. The second-order valence-electron chi connectivity index (χ2n) is 10.6. The molecule has 0 saturated carbocycles. The summed E-state index contributed by atoms with van der Waals surface area (Å²) in [5, 5.41) is 0.171. The number of nitrogens with zero attached hydrogens (tertiary/aromatic N) is 1. The van der Waals surface area contributed by atoms with Crippen LogP contribution in [-0.4, -0.2) is 36.1 Å². The van der Waals surface area contributed by atoms with E-state index in [2.05, 4.69) is 45.4 Å². The predicted octanol–water partition coefficient (Wildman–Crippen LogP) is 7.76. The van der Waals surface area contributed by atoms with Gasteiger partial charge in [-0.1, -0.05) is 20.8 Å². The Labute approximate surface area is 205 Å². The van der Waals surface area contributed by atoms with Gasteiger partial charge >= 0.3 is 0 Å². The normalized spacial score (nSPS) is 12.6. The molecule has 0 spiro atoms. The lowest BCUT2D eigenvalue weighted by atomic mass is 10.2. The molecule has 2 aromatic carbocycles. The van der Waals surface area contributed by atoms with E-state index in [4.69, 9.17) is 18.3 Å². The van der Waals surface area contributed by atoms with Crippen molar-refractivity contribution in [3.63, 3.8) is 0 Å². The first-order valence-corrected chi connectivity index (χ1v) is 17.7. The maximum absolute atomic E-state index is 13.8. The number of ether oxygens (including phenoxy) is 2. The van der Waals surface area contributed by atoms with E-state index in [0.717, 1.165) is 5.75 Å². The van der Waals surface area contributed by atoms with Gasteiger partial charge in [-0.2, -0.15) is 0 Å². The molecule has 0 fully saturated rings. The highest BCUT2D eigenvalue weighted by Crippen LogP contribution is 2.36. The van der Waals surface area contributed by atoms with E-state index in [-0.39, 0.29) is 10.9 Å². The van der Waals surface area contributed by atoms with Crippen molar-refractivity contribution in [1.29, 1.82) is 0 Å². The van der Waals surface area contributed by atoms with Crippen LogP contribution in [0.1, 0.15) is 26.3 Å². The van der Waals surface area contributed by atoms with Crippen LogP contribution < -0.4 is 9.47 Å². The van der Waals surface area contributed by atoms with Crippen molar-refractivity contribution in [1.82, 2.24) is 0 Å². The maximum atomic E-state index is 13.8. The minimum absolute atomic E-state index is 0.171. The van der Waals surface area contributed by atoms with Crippen LogP contribution in [0.4, 0.5) is 4.39 Å². The summed E-state index contributed by atoms with van der Waals surface area (Å²) in [4.78, 5) is 4.23. The molecule has 0 aromatic heterocycles. The van der Waals surface area contributed by atoms with Crippen LogP contribution in [0, 0.1) is 5.82 Å². The van der Waals surface area contributed by atoms with Crippen molar-refractivity contribution < 1.29 is 22.7 Å². The van der Waals surface area contributed by atoms with Crippen LogP contribution >= 0.6 is 0 Å². The molecule has 8 heteroatoms. The fourth-order valence-electron chi connectivity index (χ4n) is 2.64. The van der Waals surface area contributed by atoms with Crippen LogP contribution in [0.2, 0.25) is 37.8 Å². The monoisotopic (exact) mass is 503 g/mol. The number of hydrogen-bond donors (Lipinski definition) is 0. The first kappa shape index (κ1) is 27.8. The molecule has 0 aliphatic heterocycles. The highest BCUT2D eigenvalue weighted by molar-refractivity contribution is 6.74. The Morgan fingerprint density at radius 2 is 1.59 bits per heavy atom. The van der Waals surface area contributed by atoms with Gasteiger partial charge in [-0.15, -0.1) is 0 Å². The molecule has 0 heterocycles. The predicted molar refractivity (Wildman–Crippen MR) is 143 cm³/mol. The molecule has 0 saturated heterocycles. The van der Waals surface area contributed by atoms with Gasteiger partial charge < -0.3 is 18.3 Å². The molecular formula is C26H38FNO4Si2. The lowest BCUT2D eigenvalue weighted by Gasteiger charge is -2.36. The highest BCUT2D eigenvalue weighted by atomic mass is 28.4. The third-order valence-corrected chi connectivity index (χ3v) is 10.8. The minimum atomic E-state index is -1.82. The molecule has 0 amide bonds. The zero-order chi connectivity index (χ0) is 25.6. The van der Waals surface area contributed by atoms with E-state index in [9.17, 15) is 4.39 Å².